The number of nitrogens with zero attached hydrogens (tertiary/aromatic N) is 1. The highest BCUT2D eigenvalue weighted by Gasteiger charge is 2.31. The summed E-state index contributed by atoms with van der Waals surface area (Å²) in [6.07, 6.45) is -2.99. The maximum absolute atomic E-state index is 12.2. The summed E-state index contributed by atoms with van der Waals surface area (Å²) in [6, 6.07) is 6.07. The van der Waals surface area contributed by atoms with Gasteiger partial charge in [0.2, 0.25) is 0 Å². The van der Waals surface area contributed by atoms with Crippen molar-refractivity contribution in [2.75, 3.05) is 0 Å². The van der Waals surface area contributed by atoms with Gasteiger partial charge in [-0.05, 0) is 6.07 Å². The van der Waals surface area contributed by atoms with E-state index in [9.17, 15) is 13.2 Å². The average Bonchev–Trinajstić information content (AvgIpc) is 2.82. The predicted octanol–water partition coefficient (Wildman–Crippen LogP) is 3.33. The van der Waals surface area contributed by atoms with Crippen LogP contribution in [0.5, 0.6) is 5.75 Å². The summed E-state index contributed by atoms with van der Waals surface area (Å²) >= 11 is 1.49. The third-order valence-electron chi connectivity index (χ3n) is 2.27. The van der Waals surface area contributed by atoms with Crippen LogP contribution in [-0.2, 0) is 13.1 Å². The summed E-state index contributed by atoms with van der Waals surface area (Å²) in [5.41, 5.74) is 0.455. The SMILES string of the molecule is FC(F)(F)Oc1ccccc1CNCc1nccs1. The van der Waals surface area contributed by atoms with Gasteiger partial charge in [0.25, 0.3) is 0 Å². The predicted molar refractivity (Wildman–Crippen MR) is 65.8 cm³/mol. The molecule has 0 amide bonds. The van der Waals surface area contributed by atoms with Crippen molar-refractivity contribution in [1.29, 1.82) is 0 Å². The summed E-state index contributed by atoms with van der Waals surface area (Å²) in [6.45, 7) is 0.795. The van der Waals surface area contributed by atoms with Crippen LogP contribution in [0.4, 0.5) is 13.2 Å². The fourth-order valence-corrected chi connectivity index (χ4v) is 2.10. The fraction of sp³-hybridized carbons (Fsp3) is 0.250. The first-order valence-electron chi connectivity index (χ1n) is 5.47. The van der Waals surface area contributed by atoms with Gasteiger partial charge in [-0.2, -0.15) is 0 Å². The number of halogens is 3. The van der Waals surface area contributed by atoms with E-state index >= 15 is 0 Å². The van der Waals surface area contributed by atoms with Crippen molar-refractivity contribution in [3.63, 3.8) is 0 Å². The minimum absolute atomic E-state index is 0.179. The maximum Gasteiger partial charge on any atom is 0.573 e. The molecule has 0 atom stereocenters. The zero-order valence-corrected chi connectivity index (χ0v) is 10.6. The third kappa shape index (κ3) is 4.53. The number of nitrogens with one attached hydrogen (secondary N) is 1. The number of ether oxygens (including phenoxy) is 1. The van der Waals surface area contributed by atoms with E-state index in [-0.39, 0.29) is 12.3 Å². The topological polar surface area (TPSA) is 34.1 Å². The Bertz CT molecular complexity index is 514. The van der Waals surface area contributed by atoms with Gasteiger partial charge in [-0.15, -0.1) is 24.5 Å². The highest BCUT2D eigenvalue weighted by molar-refractivity contribution is 7.09. The molecule has 3 nitrogen and oxygen atoms in total. The number of para-hydroxylation sites is 1. The van der Waals surface area contributed by atoms with Crippen LogP contribution in [0.2, 0.25) is 0 Å². The lowest BCUT2D eigenvalue weighted by molar-refractivity contribution is -0.274. The minimum Gasteiger partial charge on any atom is -0.405 e. The molecule has 0 aliphatic rings. The fourth-order valence-electron chi connectivity index (χ4n) is 1.52. The Hall–Kier alpha value is -1.60. The zero-order chi connectivity index (χ0) is 13.7. The van der Waals surface area contributed by atoms with Crippen LogP contribution in [0.3, 0.4) is 0 Å². The van der Waals surface area contributed by atoms with Gasteiger partial charge in [0.05, 0.1) is 0 Å². The third-order valence-corrected chi connectivity index (χ3v) is 3.05. The first-order valence-corrected chi connectivity index (χ1v) is 6.35. The molecule has 2 aromatic rings. The van der Waals surface area contributed by atoms with Crippen LogP contribution in [0, 0.1) is 0 Å². The van der Waals surface area contributed by atoms with Crippen LogP contribution in [0.25, 0.3) is 0 Å². The first kappa shape index (κ1) is 13.8. The molecule has 1 aromatic heterocycles. The van der Waals surface area contributed by atoms with Crippen molar-refractivity contribution in [1.82, 2.24) is 10.3 Å². The van der Waals surface area contributed by atoms with Crippen LogP contribution in [-0.4, -0.2) is 11.3 Å². The molecular formula is C12H11F3N2OS. The van der Waals surface area contributed by atoms with E-state index < -0.39 is 6.36 Å². The first-order chi connectivity index (χ1) is 9.04. The quantitative estimate of drug-likeness (QED) is 0.916. The monoisotopic (exact) mass is 288 g/mol. The number of hydrogen-bond donors (Lipinski definition) is 1. The summed E-state index contributed by atoms with van der Waals surface area (Å²) in [5.74, 6) is -0.179. The number of benzene rings is 1. The largest absolute Gasteiger partial charge is 0.573 e. The van der Waals surface area contributed by atoms with E-state index in [2.05, 4.69) is 15.0 Å². The molecule has 0 aliphatic heterocycles. The van der Waals surface area contributed by atoms with E-state index in [0.29, 0.717) is 12.1 Å². The van der Waals surface area contributed by atoms with Gasteiger partial charge in [-0.3, -0.25) is 0 Å². The standard InChI is InChI=1S/C12H11F3N2OS/c13-12(14,15)18-10-4-2-1-3-9(10)7-16-8-11-17-5-6-19-11/h1-6,16H,7-8H2. The number of alkyl halides is 3. The number of rotatable bonds is 5. The minimum atomic E-state index is -4.68. The molecule has 0 fully saturated rings. The van der Waals surface area contributed by atoms with Crippen molar-refractivity contribution >= 4 is 11.3 Å². The molecule has 0 aliphatic carbocycles. The summed E-state index contributed by atoms with van der Waals surface area (Å²) in [7, 11) is 0. The van der Waals surface area contributed by atoms with Crippen LogP contribution < -0.4 is 10.1 Å². The molecule has 0 radical (unpaired) electrons. The van der Waals surface area contributed by atoms with Gasteiger partial charge in [0.1, 0.15) is 10.8 Å². The molecule has 1 aromatic carbocycles. The molecular weight excluding hydrogens is 277 g/mol. The molecule has 1 heterocycles. The Morgan fingerprint density at radius 2 is 2.00 bits per heavy atom. The number of aromatic nitrogens is 1. The van der Waals surface area contributed by atoms with Gasteiger partial charge in [0, 0.05) is 30.2 Å². The van der Waals surface area contributed by atoms with Crippen molar-refractivity contribution < 1.29 is 17.9 Å². The van der Waals surface area contributed by atoms with Gasteiger partial charge in [-0.25, -0.2) is 4.98 Å². The highest BCUT2D eigenvalue weighted by Crippen LogP contribution is 2.26. The van der Waals surface area contributed by atoms with E-state index in [1.54, 1.807) is 18.3 Å². The Kier molecular flexibility index (Phi) is 4.39. The molecule has 0 saturated carbocycles. The second-order valence-corrected chi connectivity index (χ2v) is 4.66. The van der Waals surface area contributed by atoms with Crippen LogP contribution >= 0.6 is 11.3 Å². The Morgan fingerprint density at radius 1 is 1.21 bits per heavy atom. The molecule has 19 heavy (non-hydrogen) atoms. The van der Waals surface area contributed by atoms with Gasteiger partial charge in [0.15, 0.2) is 0 Å². The van der Waals surface area contributed by atoms with Crippen molar-refractivity contribution in [2.24, 2.45) is 0 Å². The lowest BCUT2D eigenvalue weighted by atomic mass is 10.2. The van der Waals surface area contributed by atoms with Gasteiger partial charge in [-0.1, -0.05) is 18.2 Å². The molecule has 0 spiro atoms. The molecule has 7 heteroatoms. The number of hydrogen-bond acceptors (Lipinski definition) is 4. The zero-order valence-electron chi connectivity index (χ0n) is 9.78. The molecule has 0 unspecified atom stereocenters. The van der Waals surface area contributed by atoms with Crippen molar-refractivity contribution in [2.45, 2.75) is 19.5 Å². The van der Waals surface area contributed by atoms with Crippen molar-refractivity contribution in [3.8, 4) is 5.75 Å². The van der Waals surface area contributed by atoms with Crippen molar-refractivity contribution in [3.05, 3.63) is 46.4 Å². The average molecular weight is 288 g/mol. The van der Waals surface area contributed by atoms with E-state index in [1.807, 2.05) is 5.38 Å². The Morgan fingerprint density at radius 3 is 2.68 bits per heavy atom. The highest BCUT2D eigenvalue weighted by atomic mass is 32.1. The molecule has 1 N–H and O–H groups in total. The van der Waals surface area contributed by atoms with E-state index in [4.69, 9.17) is 0 Å². The van der Waals surface area contributed by atoms with Gasteiger partial charge >= 0.3 is 6.36 Å². The van der Waals surface area contributed by atoms with E-state index in [1.165, 1.54) is 23.5 Å². The summed E-state index contributed by atoms with van der Waals surface area (Å²) in [4.78, 5) is 4.07. The lowest BCUT2D eigenvalue weighted by Gasteiger charge is -2.13. The second kappa shape index (κ2) is 6.03. The van der Waals surface area contributed by atoms with Crippen LogP contribution in [0.1, 0.15) is 10.6 Å². The molecule has 0 bridgehead atoms. The molecule has 0 saturated heterocycles. The Labute approximate surface area is 112 Å². The maximum atomic E-state index is 12.2. The van der Waals surface area contributed by atoms with Crippen LogP contribution in [0.15, 0.2) is 35.8 Å². The summed E-state index contributed by atoms with van der Waals surface area (Å²) in [5, 5.41) is 5.76. The van der Waals surface area contributed by atoms with Gasteiger partial charge < -0.3 is 10.1 Å². The lowest BCUT2D eigenvalue weighted by Crippen LogP contribution is -2.20. The summed E-state index contributed by atoms with van der Waals surface area (Å²) < 4.78 is 40.6. The molecule has 2 rings (SSSR count). The molecule has 102 valence electrons. The van der Waals surface area contributed by atoms with E-state index in [0.717, 1.165) is 5.01 Å². The normalized spacial score (nSPS) is 11.5. The number of thiazole rings is 1. The smallest absolute Gasteiger partial charge is 0.405 e. The Balaban J connectivity index is 1.96. The second-order valence-electron chi connectivity index (χ2n) is 3.68.